The zero-order valence-corrected chi connectivity index (χ0v) is 15.6. The number of hydrazine groups is 1. The molecule has 10 N–H and O–H groups in total. The SMILES string of the molecule is C#CCN(C/C(N)=C/N(C)N)C/C(=C/N[C@H]1O[C@H](CO)[C@@H](O)[C@H](O)C1O)N=N. The number of hydrogen-bond acceptors (Lipinski definition) is 12. The molecule has 12 heteroatoms. The number of nitrogens with zero attached hydrogens (tertiary/aromatic N) is 3. The molecule has 1 heterocycles. The molecule has 28 heavy (non-hydrogen) atoms. The Bertz CT molecular complexity index is 605. The molecule has 0 bridgehead atoms. The highest BCUT2D eigenvalue weighted by molar-refractivity contribution is 5.07. The van der Waals surface area contributed by atoms with Crippen molar-refractivity contribution in [1.29, 1.82) is 5.53 Å². The van der Waals surface area contributed by atoms with E-state index in [9.17, 15) is 20.4 Å². The van der Waals surface area contributed by atoms with Crippen LogP contribution in [0.25, 0.3) is 0 Å². The van der Waals surface area contributed by atoms with Crippen molar-refractivity contribution < 1.29 is 25.2 Å². The van der Waals surface area contributed by atoms with Gasteiger partial charge in [-0.05, 0) is 0 Å². The summed E-state index contributed by atoms with van der Waals surface area (Å²) in [5.41, 5.74) is 13.9. The lowest BCUT2D eigenvalue weighted by Crippen LogP contribution is -2.61. The molecule has 1 rings (SSSR count). The van der Waals surface area contributed by atoms with E-state index >= 15 is 0 Å². The minimum Gasteiger partial charge on any atom is -0.400 e. The second-order valence-electron chi connectivity index (χ2n) is 6.38. The minimum atomic E-state index is -1.51. The minimum absolute atomic E-state index is 0.154. The third-order valence-corrected chi connectivity index (χ3v) is 3.93. The Morgan fingerprint density at radius 1 is 1.32 bits per heavy atom. The molecule has 5 atom stereocenters. The Hall–Kier alpha value is -2.24. The van der Waals surface area contributed by atoms with Gasteiger partial charge in [0.1, 0.15) is 24.4 Å². The quantitative estimate of drug-likeness (QED) is 0.0801. The van der Waals surface area contributed by atoms with Crippen molar-refractivity contribution >= 4 is 0 Å². The highest BCUT2D eigenvalue weighted by Crippen LogP contribution is 2.19. The maximum absolute atomic E-state index is 10.0. The Balaban J connectivity index is 2.80. The van der Waals surface area contributed by atoms with E-state index in [0.717, 1.165) is 0 Å². The Morgan fingerprint density at radius 3 is 2.54 bits per heavy atom. The summed E-state index contributed by atoms with van der Waals surface area (Å²) in [6, 6.07) is 0. The van der Waals surface area contributed by atoms with Gasteiger partial charge in [0.15, 0.2) is 6.23 Å². The summed E-state index contributed by atoms with van der Waals surface area (Å²) in [6.07, 6.45) is 1.62. The zero-order chi connectivity index (χ0) is 21.3. The van der Waals surface area contributed by atoms with Crippen LogP contribution in [0, 0.1) is 17.9 Å². The zero-order valence-electron chi connectivity index (χ0n) is 15.6. The molecule has 0 amide bonds. The van der Waals surface area contributed by atoms with E-state index in [4.69, 9.17) is 28.3 Å². The molecule has 0 aromatic carbocycles. The van der Waals surface area contributed by atoms with Gasteiger partial charge in [-0.25, -0.2) is 11.4 Å². The summed E-state index contributed by atoms with van der Waals surface area (Å²) in [5.74, 6) is 8.00. The van der Waals surface area contributed by atoms with Crippen LogP contribution in [0.15, 0.2) is 28.9 Å². The van der Waals surface area contributed by atoms with E-state index < -0.39 is 37.3 Å². The Kier molecular flexibility index (Phi) is 9.83. The molecule has 1 unspecified atom stereocenters. The molecule has 1 aliphatic rings. The van der Waals surface area contributed by atoms with Gasteiger partial charge >= 0.3 is 0 Å². The fraction of sp³-hybridized carbons (Fsp3) is 0.625. The van der Waals surface area contributed by atoms with Crippen molar-refractivity contribution in [2.45, 2.75) is 30.6 Å². The first-order valence-electron chi connectivity index (χ1n) is 8.46. The fourth-order valence-electron chi connectivity index (χ4n) is 2.62. The van der Waals surface area contributed by atoms with Crippen molar-refractivity contribution in [1.82, 2.24) is 15.2 Å². The van der Waals surface area contributed by atoms with Gasteiger partial charge < -0.3 is 41.2 Å². The molecule has 1 fully saturated rings. The van der Waals surface area contributed by atoms with Gasteiger partial charge in [0, 0.05) is 38.2 Å². The van der Waals surface area contributed by atoms with Gasteiger partial charge in [-0.15, -0.1) is 6.42 Å². The largest absolute Gasteiger partial charge is 0.400 e. The summed E-state index contributed by atoms with van der Waals surface area (Å²) < 4.78 is 5.32. The van der Waals surface area contributed by atoms with Crippen LogP contribution in [0.2, 0.25) is 0 Å². The molecular weight excluding hydrogens is 370 g/mol. The van der Waals surface area contributed by atoms with Gasteiger partial charge in [-0.1, -0.05) is 5.92 Å². The summed E-state index contributed by atoms with van der Waals surface area (Å²) in [6.45, 7) is 0.120. The number of aliphatic hydroxyl groups is 4. The van der Waals surface area contributed by atoms with Crippen LogP contribution in [0.1, 0.15) is 0 Å². The second-order valence-corrected chi connectivity index (χ2v) is 6.38. The maximum Gasteiger partial charge on any atom is 0.156 e. The van der Waals surface area contributed by atoms with Crippen molar-refractivity contribution in [2.75, 3.05) is 33.3 Å². The molecule has 0 spiro atoms. The van der Waals surface area contributed by atoms with Crippen LogP contribution in [0.4, 0.5) is 0 Å². The summed E-state index contributed by atoms with van der Waals surface area (Å²) in [5, 5.41) is 46.2. The average Bonchev–Trinajstić information content (AvgIpc) is 2.63. The molecular formula is C16H29N7O5. The first-order chi connectivity index (χ1) is 13.2. The highest BCUT2D eigenvalue weighted by Gasteiger charge is 2.43. The van der Waals surface area contributed by atoms with Crippen LogP contribution in [0.5, 0.6) is 0 Å². The van der Waals surface area contributed by atoms with Crippen LogP contribution in [-0.4, -0.2) is 94.3 Å². The van der Waals surface area contributed by atoms with Crippen LogP contribution < -0.4 is 16.9 Å². The van der Waals surface area contributed by atoms with Gasteiger partial charge in [-0.2, -0.15) is 5.11 Å². The van der Waals surface area contributed by atoms with Crippen molar-refractivity contribution in [2.24, 2.45) is 16.7 Å². The first-order valence-corrected chi connectivity index (χ1v) is 8.46. The lowest BCUT2D eigenvalue weighted by atomic mass is 9.98. The number of rotatable bonds is 10. The smallest absolute Gasteiger partial charge is 0.156 e. The van der Waals surface area contributed by atoms with E-state index in [1.54, 1.807) is 11.9 Å². The molecule has 12 nitrogen and oxygen atoms in total. The van der Waals surface area contributed by atoms with Crippen LogP contribution in [0.3, 0.4) is 0 Å². The predicted molar refractivity (Wildman–Crippen MR) is 99.6 cm³/mol. The molecule has 0 aliphatic carbocycles. The van der Waals surface area contributed by atoms with E-state index in [2.05, 4.69) is 16.4 Å². The number of terminal acetylenes is 1. The molecule has 0 aromatic rings. The summed E-state index contributed by atoms with van der Waals surface area (Å²) in [4.78, 5) is 1.73. The number of aliphatic hydroxyl groups excluding tert-OH is 4. The number of ether oxygens (including phenoxy) is 1. The van der Waals surface area contributed by atoms with Gasteiger partial charge in [-0.3, -0.25) is 4.90 Å². The van der Waals surface area contributed by atoms with Crippen LogP contribution in [-0.2, 0) is 4.74 Å². The van der Waals surface area contributed by atoms with E-state index in [1.165, 1.54) is 17.4 Å². The fourth-order valence-corrected chi connectivity index (χ4v) is 2.62. The van der Waals surface area contributed by atoms with E-state index in [0.29, 0.717) is 5.70 Å². The highest BCUT2D eigenvalue weighted by atomic mass is 16.6. The Labute approximate surface area is 163 Å². The number of nitrogens with one attached hydrogen (secondary N) is 2. The van der Waals surface area contributed by atoms with Crippen molar-refractivity contribution in [3.8, 4) is 12.3 Å². The normalized spacial score (nSPS) is 28.7. The standard InChI is InChI=1S/C16H29N7O5/c1-3-4-23(7-10(17)6-22(2)19)8-11(21-18)5-20-16-15(27)14(26)13(25)12(9-24)28-16/h1,5-6,12-16,18,20,24-27H,4,7-9,17,19H2,2H3/b10-6-,11-5-,21-18?/t12-,13-,14+,15?,16+/m1/s1. The third kappa shape index (κ3) is 7.06. The van der Waals surface area contributed by atoms with Gasteiger partial charge in [0.05, 0.1) is 18.8 Å². The van der Waals surface area contributed by atoms with Crippen molar-refractivity contribution in [3.63, 3.8) is 0 Å². The molecule has 1 aliphatic heterocycles. The average molecular weight is 399 g/mol. The van der Waals surface area contributed by atoms with Crippen LogP contribution >= 0.6 is 0 Å². The van der Waals surface area contributed by atoms with E-state index in [1.807, 2.05) is 0 Å². The molecule has 1 saturated heterocycles. The first kappa shape index (κ1) is 23.8. The lowest BCUT2D eigenvalue weighted by molar-refractivity contribution is -0.233. The number of nitrogens with two attached hydrogens (primary N) is 2. The van der Waals surface area contributed by atoms with Gasteiger partial charge in [0.2, 0.25) is 0 Å². The topological polar surface area (TPSA) is 197 Å². The van der Waals surface area contributed by atoms with E-state index in [-0.39, 0.29) is 25.3 Å². The maximum atomic E-state index is 10.0. The summed E-state index contributed by atoms with van der Waals surface area (Å²) in [7, 11) is 1.62. The lowest BCUT2D eigenvalue weighted by Gasteiger charge is -2.40. The molecule has 0 aromatic heterocycles. The molecule has 158 valence electrons. The monoisotopic (exact) mass is 399 g/mol. The van der Waals surface area contributed by atoms with Crippen molar-refractivity contribution in [3.05, 3.63) is 23.8 Å². The Morgan fingerprint density at radius 2 is 2.00 bits per heavy atom. The predicted octanol–water partition coefficient (Wildman–Crippen LogP) is -3.21. The second kappa shape index (κ2) is 11.6. The molecule has 0 saturated carbocycles. The third-order valence-electron chi connectivity index (χ3n) is 3.93. The molecule has 0 radical (unpaired) electrons. The number of hydrogen-bond donors (Lipinski definition) is 8. The van der Waals surface area contributed by atoms with Gasteiger partial charge in [0.25, 0.3) is 0 Å². The summed E-state index contributed by atoms with van der Waals surface area (Å²) >= 11 is 0.